The minimum Gasteiger partial charge on any atom is -0.507 e. The number of ketones is 1. The maximum atomic E-state index is 13.8. The van der Waals surface area contributed by atoms with Crippen molar-refractivity contribution in [3.63, 3.8) is 0 Å². The summed E-state index contributed by atoms with van der Waals surface area (Å²) < 4.78 is 11.1. The number of phenols is 1. The molecule has 2 aliphatic rings. The number of carbonyl (C=O) groups is 1. The van der Waals surface area contributed by atoms with Gasteiger partial charge in [0, 0.05) is 28.3 Å². The molecule has 0 bridgehead atoms. The molecular weight excluding hydrogens is 426 g/mol. The molecule has 0 saturated heterocycles. The molecule has 4 rings (SSSR count). The van der Waals surface area contributed by atoms with Crippen LogP contribution >= 0.6 is 0 Å². The van der Waals surface area contributed by atoms with Crippen LogP contribution < -0.4 is 9.47 Å². The molecule has 0 radical (unpaired) electrons. The highest BCUT2D eigenvalue weighted by Crippen LogP contribution is 2.61. The van der Waals surface area contributed by atoms with Gasteiger partial charge in [0.05, 0.1) is 20.8 Å². The highest BCUT2D eigenvalue weighted by Gasteiger charge is 2.57. The van der Waals surface area contributed by atoms with E-state index >= 15 is 0 Å². The van der Waals surface area contributed by atoms with E-state index in [1.165, 1.54) is 11.1 Å². The van der Waals surface area contributed by atoms with E-state index in [1.54, 1.807) is 14.2 Å². The van der Waals surface area contributed by atoms with Crippen LogP contribution in [0.4, 0.5) is 0 Å². The Labute approximate surface area is 204 Å². The number of methoxy groups -OCH3 is 2. The number of ether oxygens (including phenoxy) is 2. The van der Waals surface area contributed by atoms with Crippen molar-refractivity contribution in [3.05, 3.63) is 52.1 Å². The molecule has 1 spiro atoms. The second-order valence-corrected chi connectivity index (χ2v) is 12.0. The van der Waals surface area contributed by atoms with Crippen LogP contribution in [0.25, 0.3) is 0 Å². The van der Waals surface area contributed by atoms with E-state index in [0.717, 1.165) is 35.5 Å². The SMILES string of the molecule is COc1cc2c(cc1OC)C1(CC1)N(CC(=O)c1cc(C(C)(C)C)c(O)c(C(C)(C)C)c1)C2C. The number of hydrogen-bond donors (Lipinski definition) is 1. The lowest BCUT2D eigenvalue weighted by molar-refractivity contribution is 0.0834. The van der Waals surface area contributed by atoms with Crippen LogP contribution in [0.5, 0.6) is 17.2 Å². The second-order valence-electron chi connectivity index (χ2n) is 12.0. The molecule has 1 aliphatic heterocycles. The molecule has 5 heteroatoms. The Kier molecular flexibility index (Phi) is 5.79. The van der Waals surface area contributed by atoms with E-state index in [4.69, 9.17) is 9.47 Å². The van der Waals surface area contributed by atoms with Gasteiger partial charge in [0.15, 0.2) is 17.3 Å². The van der Waals surface area contributed by atoms with Crippen LogP contribution in [0.15, 0.2) is 24.3 Å². The van der Waals surface area contributed by atoms with E-state index in [-0.39, 0.29) is 28.2 Å². The van der Waals surface area contributed by atoms with Gasteiger partial charge in [-0.2, -0.15) is 0 Å². The first kappa shape index (κ1) is 24.6. The number of rotatable bonds is 5. The van der Waals surface area contributed by atoms with Gasteiger partial charge < -0.3 is 14.6 Å². The topological polar surface area (TPSA) is 59.0 Å². The first-order valence-corrected chi connectivity index (χ1v) is 12.2. The van der Waals surface area contributed by atoms with E-state index in [1.807, 2.05) is 12.1 Å². The molecule has 1 fully saturated rings. The average molecular weight is 466 g/mol. The van der Waals surface area contributed by atoms with Gasteiger partial charge >= 0.3 is 0 Å². The lowest BCUT2D eigenvalue weighted by Crippen LogP contribution is -2.35. The Morgan fingerprint density at radius 3 is 1.91 bits per heavy atom. The van der Waals surface area contributed by atoms with Gasteiger partial charge in [-0.1, -0.05) is 41.5 Å². The van der Waals surface area contributed by atoms with Crippen molar-refractivity contribution in [2.75, 3.05) is 20.8 Å². The molecule has 2 aromatic carbocycles. The third-order valence-electron chi connectivity index (χ3n) is 7.61. The normalized spacial score (nSPS) is 19.3. The highest BCUT2D eigenvalue weighted by atomic mass is 16.5. The number of phenolic OH excluding ortho intramolecular Hbond substituents is 1. The molecule has 1 heterocycles. The summed E-state index contributed by atoms with van der Waals surface area (Å²) >= 11 is 0. The Balaban J connectivity index is 1.72. The minimum atomic E-state index is -0.275. The van der Waals surface area contributed by atoms with Crippen molar-refractivity contribution in [1.82, 2.24) is 4.90 Å². The Hall–Kier alpha value is -2.53. The van der Waals surface area contributed by atoms with Gasteiger partial charge in [-0.3, -0.25) is 9.69 Å². The molecule has 1 unspecified atom stereocenters. The summed E-state index contributed by atoms with van der Waals surface area (Å²) in [7, 11) is 3.32. The van der Waals surface area contributed by atoms with Gasteiger partial charge in [0.25, 0.3) is 0 Å². The zero-order valence-corrected chi connectivity index (χ0v) is 22.1. The van der Waals surface area contributed by atoms with E-state index in [9.17, 15) is 9.90 Å². The molecule has 1 N–H and O–H groups in total. The fourth-order valence-corrected chi connectivity index (χ4v) is 5.48. The quantitative estimate of drug-likeness (QED) is 0.529. The highest BCUT2D eigenvalue weighted by molar-refractivity contribution is 5.98. The number of fused-ring (bicyclic) bond motifs is 2. The number of carbonyl (C=O) groups excluding carboxylic acids is 1. The maximum absolute atomic E-state index is 13.8. The predicted octanol–water partition coefficient (Wildman–Crippen LogP) is 6.25. The maximum Gasteiger partial charge on any atom is 0.176 e. The largest absolute Gasteiger partial charge is 0.507 e. The summed E-state index contributed by atoms with van der Waals surface area (Å²) in [4.78, 5) is 16.1. The van der Waals surface area contributed by atoms with Gasteiger partial charge in [-0.05, 0) is 66.0 Å². The number of Topliss-reactive ketones (excluding diaryl/α,β-unsaturated/α-hetero) is 1. The zero-order valence-electron chi connectivity index (χ0n) is 22.1. The van der Waals surface area contributed by atoms with Gasteiger partial charge in [0.2, 0.25) is 0 Å². The molecular formula is C29H39NO4. The van der Waals surface area contributed by atoms with E-state index in [0.29, 0.717) is 17.9 Å². The summed E-state index contributed by atoms with van der Waals surface area (Å²) in [5, 5.41) is 11.1. The summed E-state index contributed by atoms with van der Waals surface area (Å²) in [5.41, 5.74) is 4.10. The first-order valence-electron chi connectivity index (χ1n) is 12.2. The molecule has 0 aromatic heterocycles. The van der Waals surface area contributed by atoms with Crippen LogP contribution in [-0.2, 0) is 16.4 Å². The third kappa shape index (κ3) is 3.88. The number of benzene rings is 2. The molecule has 184 valence electrons. The molecule has 1 atom stereocenters. The molecule has 5 nitrogen and oxygen atoms in total. The predicted molar refractivity (Wildman–Crippen MR) is 135 cm³/mol. The fraction of sp³-hybridized carbons (Fsp3) is 0.552. The monoisotopic (exact) mass is 465 g/mol. The summed E-state index contributed by atoms with van der Waals surface area (Å²) in [6, 6.07) is 8.05. The standard InChI is InChI=1S/C29H39NO4/c1-17-19-14-24(33-8)25(34-9)15-20(19)29(10-11-29)30(17)16-23(31)18-12-21(27(2,3)4)26(32)22(13-18)28(5,6)7/h12-15,17,32H,10-11,16H2,1-9H3. The van der Waals surface area contributed by atoms with Crippen LogP contribution in [0, 0.1) is 0 Å². The zero-order chi connectivity index (χ0) is 25.2. The van der Waals surface area contributed by atoms with Gasteiger partial charge in [-0.25, -0.2) is 0 Å². The molecule has 2 aromatic rings. The first-order chi connectivity index (χ1) is 15.7. The Morgan fingerprint density at radius 2 is 1.47 bits per heavy atom. The van der Waals surface area contributed by atoms with Crippen molar-refractivity contribution in [2.24, 2.45) is 0 Å². The van der Waals surface area contributed by atoms with Crippen molar-refractivity contribution < 1.29 is 19.4 Å². The van der Waals surface area contributed by atoms with Gasteiger partial charge in [-0.15, -0.1) is 0 Å². The second kappa shape index (κ2) is 8.01. The van der Waals surface area contributed by atoms with Crippen molar-refractivity contribution in [3.8, 4) is 17.2 Å². The smallest absolute Gasteiger partial charge is 0.176 e. The van der Waals surface area contributed by atoms with Crippen molar-refractivity contribution in [1.29, 1.82) is 0 Å². The molecule has 1 aliphatic carbocycles. The molecule has 1 saturated carbocycles. The Bertz CT molecular complexity index is 1100. The third-order valence-corrected chi connectivity index (χ3v) is 7.61. The van der Waals surface area contributed by atoms with Crippen molar-refractivity contribution >= 4 is 5.78 Å². The molecule has 0 amide bonds. The van der Waals surface area contributed by atoms with Gasteiger partial charge in [0.1, 0.15) is 5.75 Å². The fourth-order valence-electron chi connectivity index (χ4n) is 5.48. The summed E-state index contributed by atoms with van der Waals surface area (Å²) in [6.07, 6.45) is 2.06. The number of hydrogen-bond acceptors (Lipinski definition) is 5. The lowest BCUT2D eigenvalue weighted by atomic mass is 9.78. The van der Waals surface area contributed by atoms with E-state index in [2.05, 4.69) is 65.5 Å². The minimum absolute atomic E-state index is 0.0841. The summed E-state index contributed by atoms with van der Waals surface area (Å²) in [5.74, 6) is 1.84. The number of aromatic hydroxyl groups is 1. The van der Waals surface area contributed by atoms with Crippen LogP contribution in [0.2, 0.25) is 0 Å². The van der Waals surface area contributed by atoms with Crippen LogP contribution in [0.1, 0.15) is 100.0 Å². The lowest BCUT2D eigenvalue weighted by Gasteiger charge is -2.30. The average Bonchev–Trinajstić information content (AvgIpc) is 3.52. The summed E-state index contributed by atoms with van der Waals surface area (Å²) in [6.45, 7) is 14.9. The Morgan fingerprint density at radius 1 is 0.971 bits per heavy atom. The molecule has 34 heavy (non-hydrogen) atoms. The van der Waals surface area contributed by atoms with Crippen molar-refractivity contribution in [2.45, 2.75) is 83.7 Å². The van der Waals surface area contributed by atoms with Crippen LogP contribution in [0.3, 0.4) is 0 Å². The van der Waals surface area contributed by atoms with E-state index < -0.39 is 0 Å². The van der Waals surface area contributed by atoms with Crippen LogP contribution in [-0.4, -0.2) is 36.6 Å². The number of nitrogens with zero attached hydrogens (tertiary/aromatic N) is 1.